The van der Waals surface area contributed by atoms with Crippen molar-refractivity contribution in [3.8, 4) is 5.75 Å². The summed E-state index contributed by atoms with van der Waals surface area (Å²) in [5.41, 5.74) is 6.10. The summed E-state index contributed by atoms with van der Waals surface area (Å²) in [6.45, 7) is 0.927. The molecule has 0 fully saturated rings. The number of rotatable bonds is 5. The van der Waals surface area contributed by atoms with Crippen LogP contribution in [0.2, 0.25) is 10.0 Å². The summed E-state index contributed by atoms with van der Waals surface area (Å²) in [6.07, 6.45) is 2.26. The van der Waals surface area contributed by atoms with Crippen molar-refractivity contribution >= 4 is 28.9 Å². The number of nitrogens with zero attached hydrogens (tertiary/aromatic N) is 1. The van der Waals surface area contributed by atoms with E-state index in [2.05, 4.69) is 0 Å². The van der Waals surface area contributed by atoms with Crippen LogP contribution in [0, 0.1) is 0 Å². The molecule has 2 aromatic rings. The van der Waals surface area contributed by atoms with Crippen LogP contribution in [-0.2, 0) is 6.54 Å². The van der Waals surface area contributed by atoms with Gasteiger partial charge in [-0.25, -0.2) is 0 Å². The molecule has 1 heterocycles. The van der Waals surface area contributed by atoms with Crippen LogP contribution < -0.4 is 16.0 Å². The number of nitrogens with two attached hydrogens (primary N) is 1. The van der Waals surface area contributed by atoms with Gasteiger partial charge in [-0.05, 0) is 24.6 Å². The molecule has 0 saturated carbocycles. The number of ether oxygens (including phenoxy) is 1. The maximum absolute atomic E-state index is 11.6. The van der Waals surface area contributed by atoms with E-state index in [1.165, 1.54) is 6.07 Å². The van der Waals surface area contributed by atoms with Crippen molar-refractivity contribution in [2.75, 3.05) is 12.3 Å². The van der Waals surface area contributed by atoms with Crippen molar-refractivity contribution in [2.24, 2.45) is 0 Å². The first-order chi connectivity index (χ1) is 9.58. The van der Waals surface area contributed by atoms with Crippen LogP contribution in [0.1, 0.15) is 6.42 Å². The topological polar surface area (TPSA) is 57.2 Å². The van der Waals surface area contributed by atoms with E-state index in [0.29, 0.717) is 41.1 Å². The smallest absolute Gasteiger partial charge is 0.250 e. The molecule has 0 aliphatic heterocycles. The molecule has 0 atom stereocenters. The number of pyridine rings is 1. The summed E-state index contributed by atoms with van der Waals surface area (Å²) in [6, 6.07) is 8.21. The Morgan fingerprint density at radius 1 is 1.15 bits per heavy atom. The lowest BCUT2D eigenvalue weighted by Gasteiger charge is -2.10. The van der Waals surface area contributed by atoms with Gasteiger partial charge in [0.1, 0.15) is 0 Å². The number of anilines is 1. The van der Waals surface area contributed by atoms with E-state index < -0.39 is 0 Å². The standard InChI is InChI=1S/C14H14Cl2N2O2/c15-11-3-1-4-12(16)14(11)20-8-2-7-18-9-10(17)5-6-13(18)19/h1,3-6,9H,2,7-8,17H2. The van der Waals surface area contributed by atoms with Crippen LogP contribution in [0.15, 0.2) is 41.3 Å². The van der Waals surface area contributed by atoms with Crippen LogP contribution >= 0.6 is 23.2 Å². The van der Waals surface area contributed by atoms with Gasteiger partial charge in [0.25, 0.3) is 5.56 Å². The van der Waals surface area contributed by atoms with Gasteiger partial charge in [0.2, 0.25) is 0 Å². The van der Waals surface area contributed by atoms with Crippen molar-refractivity contribution in [1.82, 2.24) is 4.57 Å². The predicted octanol–water partition coefficient (Wildman–Crippen LogP) is 3.21. The monoisotopic (exact) mass is 312 g/mol. The van der Waals surface area contributed by atoms with E-state index in [-0.39, 0.29) is 5.56 Å². The van der Waals surface area contributed by atoms with Gasteiger partial charge in [0, 0.05) is 24.5 Å². The van der Waals surface area contributed by atoms with Gasteiger partial charge >= 0.3 is 0 Å². The molecule has 1 aromatic heterocycles. The lowest BCUT2D eigenvalue weighted by Crippen LogP contribution is -2.20. The highest BCUT2D eigenvalue weighted by molar-refractivity contribution is 6.37. The Hall–Kier alpha value is -1.65. The van der Waals surface area contributed by atoms with Crippen molar-refractivity contribution in [3.63, 3.8) is 0 Å². The third-order valence-electron chi connectivity index (χ3n) is 2.72. The van der Waals surface area contributed by atoms with Gasteiger partial charge in [-0.2, -0.15) is 0 Å². The van der Waals surface area contributed by atoms with Gasteiger partial charge < -0.3 is 15.0 Å². The fourth-order valence-corrected chi connectivity index (χ4v) is 2.26. The Kier molecular flexibility index (Phi) is 4.93. The largest absolute Gasteiger partial charge is 0.490 e. The Balaban J connectivity index is 1.91. The van der Waals surface area contributed by atoms with Crippen molar-refractivity contribution in [3.05, 3.63) is 56.9 Å². The molecule has 0 aliphatic rings. The zero-order valence-electron chi connectivity index (χ0n) is 10.7. The molecular weight excluding hydrogens is 299 g/mol. The molecule has 0 spiro atoms. The van der Waals surface area contributed by atoms with Gasteiger partial charge in [0.15, 0.2) is 5.75 Å². The van der Waals surface area contributed by atoms with E-state index in [4.69, 9.17) is 33.7 Å². The average molecular weight is 313 g/mol. The highest BCUT2D eigenvalue weighted by Crippen LogP contribution is 2.32. The Morgan fingerprint density at radius 3 is 2.55 bits per heavy atom. The average Bonchev–Trinajstić information content (AvgIpc) is 2.41. The van der Waals surface area contributed by atoms with Gasteiger partial charge in [-0.15, -0.1) is 0 Å². The highest BCUT2D eigenvalue weighted by Gasteiger charge is 2.06. The van der Waals surface area contributed by atoms with Crippen molar-refractivity contribution in [1.29, 1.82) is 0 Å². The predicted molar refractivity (Wildman–Crippen MR) is 81.7 cm³/mol. The Morgan fingerprint density at radius 2 is 1.85 bits per heavy atom. The molecule has 20 heavy (non-hydrogen) atoms. The second-order valence-electron chi connectivity index (χ2n) is 4.25. The summed E-state index contributed by atoms with van der Waals surface area (Å²) >= 11 is 12.0. The Labute approximate surface area is 126 Å². The van der Waals surface area contributed by atoms with Gasteiger partial charge in [-0.1, -0.05) is 29.3 Å². The van der Waals surface area contributed by atoms with E-state index in [1.54, 1.807) is 35.0 Å². The molecule has 0 amide bonds. The van der Waals surface area contributed by atoms with Crippen LogP contribution in [0.3, 0.4) is 0 Å². The number of hydrogen-bond acceptors (Lipinski definition) is 3. The lowest BCUT2D eigenvalue weighted by molar-refractivity contribution is 0.301. The van der Waals surface area contributed by atoms with Crippen LogP contribution in [0.4, 0.5) is 5.69 Å². The number of halogens is 2. The number of aryl methyl sites for hydroxylation is 1. The highest BCUT2D eigenvalue weighted by atomic mass is 35.5. The molecule has 0 aliphatic carbocycles. The van der Waals surface area contributed by atoms with Crippen LogP contribution in [-0.4, -0.2) is 11.2 Å². The fourth-order valence-electron chi connectivity index (χ4n) is 1.75. The zero-order valence-corrected chi connectivity index (χ0v) is 12.2. The van der Waals surface area contributed by atoms with Crippen LogP contribution in [0.5, 0.6) is 5.75 Å². The molecule has 2 rings (SSSR count). The first-order valence-corrected chi connectivity index (χ1v) is 6.86. The molecule has 1 aromatic carbocycles. The van der Waals surface area contributed by atoms with E-state index in [9.17, 15) is 4.79 Å². The summed E-state index contributed by atoms with van der Waals surface area (Å²) in [4.78, 5) is 11.6. The first-order valence-electron chi connectivity index (χ1n) is 6.10. The minimum absolute atomic E-state index is 0.0880. The molecular formula is C14H14Cl2N2O2. The van der Waals surface area contributed by atoms with E-state index >= 15 is 0 Å². The first kappa shape index (κ1) is 14.8. The Bertz CT molecular complexity index is 636. The lowest BCUT2D eigenvalue weighted by atomic mass is 10.3. The van der Waals surface area contributed by atoms with Gasteiger partial charge in [-0.3, -0.25) is 4.79 Å². The second-order valence-corrected chi connectivity index (χ2v) is 5.06. The minimum Gasteiger partial charge on any atom is -0.490 e. The molecule has 4 nitrogen and oxygen atoms in total. The quantitative estimate of drug-likeness (QED) is 0.862. The maximum Gasteiger partial charge on any atom is 0.250 e. The number of aromatic nitrogens is 1. The van der Waals surface area contributed by atoms with Gasteiger partial charge in [0.05, 0.1) is 16.7 Å². The molecule has 106 valence electrons. The SMILES string of the molecule is Nc1ccc(=O)n(CCCOc2c(Cl)cccc2Cl)c1. The summed E-state index contributed by atoms with van der Waals surface area (Å²) in [5, 5.41) is 0.942. The maximum atomic E-state index is 11.6. The van der Waals surface area contributed by atoms with E-state index in [0.717, 1.165) is 0 Å². The molecule has 0 unspecified atom stereocenters. The number of benzene rings is 1. The molecule has 0 radical (unpaired) electrons. The van der Waals surface area contributed by atoms with Crippen molar-refractivity contribution in [2.45, 2.75) is 13.0 Å². The normalized spacial score (nSPS) is 10.5. The number of para-hydroxylation sites is 1. The van der Waals surface area contributed by atoms with Crippen LogP contribution in [0.25, 0.3) is 0 Å². The minimum atomic E-state index is -0.0880. The number of hydrogen-bond donors (Lipinski definition) is 1. The zero-order chi connectivity index (χ0) is 14.5. The number of nitrogen functional groups attached to an aromatic ring is 1. The fraction of sp³-hybridized carbons (Fsp3) is 0.214. The third kappa shape index (κ3) is 3.68. The summed E-state index contributed by atoms with van der Waals surface area (Å²) in [5.74, 6) is 0.468. The second kappa shape index (κ2) is 6.68. The van der Waals surface area contributed by atoms with E-state index in [1.807, 2.05) is 0 Å². The summed E-state index contributed by atoms with van der Waals surface area (Å²) < 4.78 is 7.10. The molecule has 0 saturated heterocycles. The molecule has 6 heteroatoms. The third-order valence-corrected chi connectivity index (χ3v) is 3.31. The summed E-state index contributed by atoms with van der Waals surface area (Å²) in [7, 11) is 0. The molecule has 0 bridgehead atoms. The molecule has 2 N–H and O–H groups in total. The van der Waals surface area contributed by atoms with Crippen molar-refractivity contribution < 1.29 is 4.74 Å².